The summed E-state index contributed by atoms with van der Waals surface area (Å²) in [7, 11) is 1.63. The Morgan fingerprint density at radius 3 is 3.04 bits per heavy atom. The number of hydrogen-bond acceptors (Lipinski definition) is 4. The van der Waals surface area contributed by atoms with Crippen LogP contribution in [0.4, 0.5) is 4.39 Å². The maximum Gasteiger partial charge on any atom is 0.269 e. The van der Waals surface area contributed by atoms with E-state index in [0.717, 1.165) is 6.42 Å². The normalized spacial score (nSPS) is 12.5. The first-order valence-electron chi connectivity index (χ1n) is 7.66. The molecule has 3 rings (SSSR count). The number of rotatable bonds is 6. The van der Waals surface area contributed by atoms with E-state index in [2.05, 4.69) is 10.3 Å². The van der Waals surface area contributed by atoms with Crippen LogP contribution in [0, 0.1) is 5.82 Å². The van der Waals surface area contributed by atoms with E-state index < -0.39 is 0 Å². The molecule has 1 N–H and O–H groups in total. The largest absolute Gasteiger partial charge is 0.380 e. The van der Waals surface area contributed by atoms with E-state index in [1.165, 1.54) is 23.5 Å². The summed E-state index contributed by atoms with van der Waals surface area (Å²) in [6, 6.07) is 6.25. The number of methoxy groups -OCH3 is 1. The van der Waals surface area contributed by atoms with Gasteiger partial charge in [0.05, 0.1) is 11.8 Å². The van der Waals surface area contributed by atoms with Gasteiger partial charge in [0.25, 0.3) is 5.91 Å². The molecule has 1 atom stereocenters. The van der Waals surface area contributed by atoms with E-state index in [1.54, 1.807) is 35.2 Å². The number of carbonyl (C=O) groups excluding carboxylic acids is 1. The van der Waals surface area contributed by atoms with Crippen LogP contribution >= 0.6 is 11.3 Å². The fraction of sp³-hybridized carbons (Fsp3) is 0.294. The summed E-state index contributed by atoms with van der Waals surface area (Å²) < 4.78 is 20.4. The molecule has 0 aliphatic carbocycles. The maximum atomic E-state index is 13.4. The number of nitrogens with zero attached hydrogens (tertiary/aromatic N) is 2. The summed E-state index contributed by atoms with van der Waals surface area (Å²) in [5.74, 6) is -0.494. The van der Waals surface area contributed by atoms with Gasteiger partial charge in [-0.3, -0.25) is 9.20 Å². The quantitative estimate of drug-likeness (QED) is 0.744. The zero-order chi connectivity index (χ0) is 17.1. The molecule has 5 nitrogen and oxygen atoms in total. The highest BCUT2D eigenvalue weighted by Crippen LogP contribution is 2.24. The van der Waals surface area contributed by atoms with Crippen LogP contribution in [0.15, 0.2) is 35.8 Å². The van der Waals surface area contributed by atoms with Crippen LogP contribution in [0.2, 0.25) is 0 Å². The van der Waals surface area contributed by atoms with Gasteiger partial charge in [-0.2, -0.15) is 0 Å². The number of hydrogen-bond donors (Lipinski definition) is 1. The topological polar surface area (TPSA) is 55.6 Å². The summed E-state index contributed by atoms with van der Waals surface area (Å²) in [4.78, 5) is 17.5. The lowest BCUT2D eigenvalue weighted by Gasteiger charge is -2.13. The van der Waals surface area contributed by atoms with Gasteiger partial charge in [0, 0.05) is 30.8 Å². The molecule has 0 aliphatic heterocycles. The minimum atomic E-state index is -0.313. The van der Waals surface area contributed by atoms with Gasteiger partial charge in [0.15, 0.2) is 4.96 Å². The fourth-order valence-corrected chi connectivity index (χ4v) is 3.28. The summed E-state index contributed by atoms with van der Waals surface area (Å²) in [6.07, 6.45) is 2.57. The van der Waals surface area contributed by atoms with Crippen molar-refractivity contribution in [1.29, 1.82) is 0 Å². The van der Waals surface area contributed by atoms with Gasteiger partial charge in [-0.25, -0.2) is 9.37 Å². The average molecular weight is 347 g/mol. The molecule has 2 heterocycles. The number of halogens is 1. The van der Waals surface area contributed by atoms with Crippen LogP contribution in [-0.2, 0) is 4.74 Å². The Kier molecular flexibility index (Phi) is 4.92. The van der Waals surface area contributed by atoms with Gasteiger partial charge < -0.3 is 10.1 Å². The van der Waals surface area contributed by atoms with Crippen LogP contribution in [0.3, 0.4) is 0 Å². The maximum absolute atomic E-state index is 13.4. The zero-order valence-corrected chi connectivity index (χ0v) is 14.3. The fourth-order valence-electron chi connectivity index (χ4n) is 2.43. The van der Waals surface area contributed by atoms with Crippen LogP contribution in [-0.4, -0.2) is 35.1 Å². The van der Waals surface area contributed by atoms with Crippen molar-refractivity contribution < 1.29 is 13.9 Å². The smallest absolute Gasteiger partial charge is 0.269 e. The second-order valence-corrected chi connectivity index (χ2v) is 6.22. The molecule has 24 heavy (non-hydrogen) atoms. The number of ether oxygens (including phenoxy) is 1. The number of benzene rings is 1. The van der Waals surface area contributed by atoms with E-state index in [-0.39, 0.29) is 17.8 Å². The average Bonchev–Trinajstić information content (AvgIpc) is 3.16. The minimum Gasteiger partial charge on any atom is -0.380 e. The van der Waals surface area contributed by atoms with Crippen LogP contribution < -0.4 is 5.32 Å². The number of aromatic nitrogens is 2. The van der Waals surface area contributed by atoms with Crippen molar-refractivity contribution in [1.82, 2.24) is 14.7 Å². The van der Waals surface area contributed by atoms with Crippen molar-refractivity contribution in [3.05, 3.63) is 47.4 Å². The van der Waals surface area contributed by atoms with E-state index >= 15 is 0 Å². The molecule has 1 amide bonds. The first-order chi connectivity index (χ1) is 11.6. The molecule has 7 heteroatoms. The van der Waals surface area contributed by atoms with Crippen molar-refractivity contribution in [3.8, 4) is 11.3 Å². The van der Waals surface area contributed by atoms with Crippen molar-refractivity contribution >= 4 is 22.2 Å². The van der Waals surface area contributed by atoms with Crippen molar-refractivity contribution in [3.63, 3.8) is 0 Å². The Hall–Kier alpha value is -2.25. The van der Waals surface area contributed by atoms with Crippen molar-refractivity contribution in [2.45, 2.75) is 19.4 Å². The highest BCUT2D eigenvalue weighted by atomic mass is 32.1. The molecule has 0 saturated carbocycles. The predicted molar refractivity (Wildman–Crippen MR) is 91.9 cm³/mol. The van der Waals surface area contributed by atoms with Crippen molar-refractivity contribution in [2.24, 2.45) is 0 Å². The summed E-state index contributed by atoms with van der Waals surface area (Å²) in [6.45, 7) is 2.46. The molecular formula is C17H18FN3O2S. The zero-order valence-electron chi connectivity index (χ0n) is 13.5. The third-order valence-electron chi connectivity index (χ3n) is 3.84. The second kappa shape index (κ2) is 7.11. The molecule has 0 spiro atoms. The lowest BCUT2D eigenvalue weighted by atomic mass is 10.2. The third kappa shape index (κ3) is 3.32. The molecule has 0 aliphatic rings. The van der Waals surface area contributed by atoms with E-state index in [4.69, 9.17) is 4.74 Å². The van der Waals surface area contributed by atoms with Gasteiger partial charge >= 0.3 is 0 Å². The monoisotopic (exact) mass is 347 g/mol. The Balaban J connectivity index is 1.84. The lowest BCUT2D eigenvalue weighted by molar-refractivity contribution is 0.0812. The lowest BCUT2D eigenvalue weighted by Crippen LogP contribution is -2.33. The molecule has 0 unspecified atom stereocenters. The Labute approximate surface area is 143 Å². The van der Waals surface area contributed by atoms with Crippen LogP contribution in [0.25, 0.3) is 16.2 Å². The van der Waals surface area contributed by atoms with Crippen molar-refractivity contribution in [2.75, 3.05) is 13.7 Å². The SMILES string of the molecule is CC[C@H](CNC(=O)c1csc2nc(-c3cccc(F)c3)cn12)OC. The number of amides is 1. The summed E-state index contributed by atoms with van der Waals surface area (Å²) in [5, 5.41) is 4.64. The molecule has 0 saturated heterocycles. The van der Waals surface area contributed by atoms with Gasteiger partial charge in [-0.15, -0.1) is 11.3 Å². The second-order valence-electron chi connectivity index (χ2n) is 5.39. The van der Waals surface area contributed by atoms with Gasteiger partial charge in [-0.05, 0) is 18.6 Å². The first-order valence-corrected chi connectivity index (χ1v) is 8.54. The standard InChI is InChI=1S/C17H18FN3O2S/c1-3-13(23-2)8-19-16(22)15-10-24-17-20-14(9-21(15)17)11-5-4-6-12(18)7-11/h4-7,9-10,13H,3,8H2,1-2H3,(H,19,22)/t13-/m1/s1. The van der Waals surface area contributed by atoms with Gasteiger partial charge in [0.2, 0.25) is 0 Å². The molecule has 0 radical (unpaired) electrons. The Bertz CT molecular complexity index is 855. The number of nitrogens with one attached hydrogen (secondary N) is 1. The summed E-state index contributed by atoms with van der Waals surface area (Å²) >= 11 is 1.37. The number of fused-ring (bicyclic) bond motifs is 1. The van der Waals surface area contributed by atoms with E-state index in [9.17, 15) is 9.18 Å². The highest BCUT2D eigenvalue weighted by Gasteiger charge is 2.16. The van der Waals surface area contributed by atoms with Crippen LogP contribution in [0.5, 0.6) is 0 Å². The highest BCUT2D eigenvalue weighted by molar-refractivity contribution is 7.15. The Morgan fingerprint density at radius 2 is 2.33 bits per heavy atom. The predicted octanol–water partition coefficient (Wildman–Crippen LogP) is 3.36. The first kappa shape index (κ1) is 16.6. The molecule has 0 bridgehead atoms. The minimum absolute atomic E-state index is 0.00582. The molecule has 1 aromatic carbocycles. The molecule has 2 aromatic heterocycles. The van der Waals surface area contributed by atoms with Gasteiger partial charge in [-0.1, -0.05) is 19.1 Å². The van der Waals surface area contributed by atoms with E-state index in [0.29, 0.717) is 28.5 Å². The Morgan fingerprint density at radius 1 is 1.50 bits per heavy atom. The van der Waals surface area contributed by atoms with E-state index in [1.807, 2.05) is 6.92 Å². The third-order valence-corrected chi connectivity index (χ3v) is 4.68. The molecule has 126 valence electrons. The summed E-state index contributed by atoms with van der Waals surface area (Å²) in [5.41, 5.74) is 1.83. The van der Waals surface area contributed by atoms with Gasteiger partial charge in [0.1, 0.15) is 11.5 Å². The molecular weight excluding hydrogens is 329 g/mol. The molecule has 0 fully saturated rings. The number of thiazole rings is 1. The number of imidazole rings is 1. The van der Waals surface area contributed by atoms with Crippen LogP contribution in [0.1, 0.15) is 23.8 Å². The number of carbonyl (C=O) groups is 1. The molecule has 3 aromatic rings.